The van der Waals surface area contributed by atoms with Crippen LogP contribution in [0.5, 0.6) is 5.88 Å². The van der Waals surface area contributed by atoms with Crippen LogP contribution in [0.1, 0.15) is 28.5 Å². The van der Waals surface area contributed by atoms with E-state index in [4.69, 9.17) is 5.73 Å². The van der Waals surface area contributed by atoms with Gasteiger partial charge in [0, 0.05) is 12.1 Å². The number of aromatic nitrogens is 1. The first kappa shape index (κ1) is 18.0. The number of halogens is 6. The van der Waals surface area contributed by atoms with Crippen LogP contribution in [-0.4, -0.2) is 23.9 Å². The quantitative estimate of drug-likeness (QED) is 0.678. The fourth-order valence-electron chi connectivity index (χ4n) is 1.48. The first-order valence-electron chi connectivity index (χ1n) is 5.73. The third kappa shape index (κ3) is 4.48. The molecule has 0 saturated carbocycles. The lowest BCUT2D eigenvalue weighted by Gasteiger charge is -2.16. The van der Waals surface area contributed by atoms with Crippen LogP contribution < -0.4 is 10.5 Å². The van der Waals surface area contributed by atoms with E-state index < -0.39 is 47.8 Å². The molecule has 0 aromatic carbocycles. The molecular formula is C11H10F6N2O3. The van der Waals surface area contributed by atoms with Crippen LogP contribution in [0.15, 0.2) is 6.07 Å². The smallest absolute Gasteiger partial charge is 0.462 e. The molecule has 0 saturated heterocycles. The number of hydrogen-bond donors (Lipinski definition) is 1. The molecule has 1 rings (SSSR count). The van der Waals surface area contributed by atoms with Crippen molar-refractivity contribution >= 4 is 5.97 Å². The largest absolute Gasteiger partial charge is 0.574 e. The number of ether oxygens (including phenoxy) is 2. The Balaban J connectivity index is 3.52. The molecule has 1 heterocycles. The van der Waals surface area contributed by atoms with Crippen molar-refractivity contribution < 1.29 is 40.6 Å². The van der Waals surface area contributed by atoms with Crippen molar-refractivity contribution in [2.24, 2.45) is 5.73 Å². The van der Waals surface area contributed by atoms with Crippen molar-refractivity contribution in [3.63, 3.8) is 0 Å². The van der Waals surface area contributed by atoms with E-state index in [9.17, 15) is 31.1 Å². The molecule has 0 unspecified atom stereocenters. The molecule has 5 nitrogen and oxygen atoms in total. The van der Waals surface area contributed by atoms with Gasteiger partial charge >= 0.3 is 18.5 Å². The zero-order chi connectivity index (χ0) is 17.1. The number of pyridine rings is 1. The van der Waals surface area contributed by atoms with Crippen LogP contribution in [-0.2, 0) is 17.5 Å². The summed E-state index contributed by atoms with van der Waals surface area (Å²) >= 11 is 0. The van der Waals surface area contributed by atoms with Gasteiger partial charge in [-0.2, -0.15) is 13.2 Å². The lowest BCUT2D eigenvalue weighted by Crippen LogP contribution is -2.23. The Morgan fingerprint density at radius 3 is 2.27 bits per heavy atom. The van der Waals surface area contributed by atoms with Crippen molar-refractivity contribution in [3.05, 3.63) is 22.9 Å². The van der Waals surface area contributed by atoms with Gasteiger partial charge in [-0.05, 0) is 13.0 Å². The number of alkyl halides is 6. The molecule has 0 spiro atoms. The average Bonchev–Trinajstić information content (AvgIpc) is 2.35. The molecule has 0 radical (unpaired) electrons. The minimum atomic E-state index is -5.30. The third-order valence-corrected chi connectivity index (χ3v) is 2.29. The molecule has 0 atom stereocenters. The number of esters is 1. The Kier molecular flexibility index (Phi) is 5.22. The Morgan fingerprint density at radius 1 is 1.27 bits per heavy atom. The molecule has 0 aliphatic carbocycles. The van der Waals surface area contributed by atoms with E-state index in [1.807, 2.05) is 0 Å². The maximum absolute atomic E-state index is 12.7. The van der Waals surface area contributed by atoms with Crippen LogP contribution in [0.25, 0.3) is 0 Å². The molecule has 124 valence electrons. The summed E-state index contributed by atoms with van der Waals surface area (Å²) in [4.78, 5) is 14.4. The van der Waals surface area contributed by atoms with Gasteiger partial charge < -0.3 is 15.2 Å². The predicted octanol–water partition coefficient (Wildman–Crippen LogP) is 2.63. The van der Waals surface area contributed by atoms with Gasteiger partial charge in [-0.1, -0.05) is 0 Å². The van der Waals surface area contributed by atoms with E-state index in [-0.39, 0.29) is 12.7 Å². The summed E-state index contributed by atoms with van der Waals surface area (Å²) in [5.74, 6) is -2.70. The first-order valence-corrected chi connectivity index (χ1v) is 5.73. The molecule has 1 aromatic rings. The predicted molar refractivity (Wildman–Crippen MR) is 59.8 cm³/mol. The normalized spacial score (nSPS) is 12.2. The van der Waals surface area contributed by atoms with Crippen LogP contribution in [0, 0.1) is 0 Å². The zero-order valence-electron chi connectivity index (χ0n) is 11.0. The topological polar surface area (TPSA) is 74.4 Å². The van der Waals surface area contributed by atoms with Gasteiger partial charge in [-0.15, -0.1) is 13.2 Å². The molecule has 0 aliphatic heterocycles. The first-order chi connectivity index (χ1) is 9.99. The maximum atomic E-state index is 12.7. The van der Waals surface area contributed by atoms with Crippen LogP contribution >= 0.6 is 0 Å². The fourth-order valence-corrected chi connectivity index (χ4v) is 1.48. The maximum Gasteiger partial charge on any atom is 0.574 e. The number of carbonyl (C=O) groups excluding carboxylic acids is 1. The molecule has 0 fully saturated rings. The highest BCUT2D eigenvalue weighted by Gasteiger charge is 2.39. The van der Waals surface area contributed by atoms with Crippen molar-refractivity contribution in [1.82, 2.24) is 4.98 Å². The lowest BCUT2D eigenvalue weighted by atomic mass is 10.1. The van der Waals surface area contributed by atoms with Gasteiger partial charge in [0.25, 0.3) is 0 Å². The lowest BCUT2D eigenvalue weighted by molar-refractivity contribution is -0.276. The highest BCUT2D eigenvalue weighted by Crippen LogP contribution is 2.34. The summed E-state index contributed by atoms with van der Waals surface area (Å²) in [5, 5.41) is 0. The Morgan fingerprint density at radius 2 is 1.86 bits per heavy atom. The number of nitrogens with zero attached hydrogens (tertiary/aromatic N) is 1. The standard InChI is InChI=1S/C11H10F6N2O3/c1-2-21-9(20)5-3-7(10(12,13)14)19-8(6(5)4-18)22-11(15,16)17/h3H,2,4,18H2,1H3. The molecular weight excluding hydrogens is 322 g/mol. The Bertz CT molecular complexity index is 556. The molecule has 1 aromatic heterocycles. The van der Waals surface area contributed by atoms with Gasteiger partial charge in [-0.3, -0.25) is 0 Å². The van der Waals surface area contributed by atoms with Crippen molar-refractivity contribution in [2.45, 2.75) is 26.0 Å². The monoisotopic (exact) mass is 332 g/mol. The minimum Gasteiger partial charge on any atom is -0.462 e. The Labute approximate surface area is 120 Å². The molecule has 0 bridgehead atoms. The summed E-state index contributed by atoms with van der Waals surface area (Å²) < 4.78 is 82.8. The second kappa shape index (κ2) is 6.38. The molecule has 2 N–H and O–H groups in total. The van der Waals surface area contributed by atoms with E-state index >= 15 is 0 Å². The van der Waals surface area contributed by atoms with E-state index in [0.29, 0.717) is 0 Å². The average molecular weight is 332 g/mol. The van der Waals surface area contributed by atoms with Gasteiger partial charge in [0.1, 0.15) is 5.69 Å². The van der Waals surface area contributed by atoms with Gasteiger partial charge in [-0.25, -0.2) is 9.78 Å². The molecule has 22 heavy (non-hydrogen) atoms. The SMILES string of the molecule is CCOC(=O)c1cc(C(F)(F)F)nc(OC(F)(F)F)c1CN. The van der Waals surface area contributed by atoms with Crippen LogP contribution in [0.3, 0.4) is 0 Å². The molecule has 0 amide bonds. The Hall–Kier alpha value is -2.04. The summed E-state index contributed by atoms with van der Waals surface area (Å²) in [6.07, 6.45) is -10.4. The number of hydrogen-bond acceptors (Lipinski definition) is 5. The van der Waals surface area contributed by atoms with Crippen LogP contribution in [0.2, 0.25) is 0 Å². The minimum absolute atomic E-state index is 0.192. The number of rotatable bonds is 4. The highest BCUT2D eigenvalue weighted by molar-refractivity contribution is 5.91. The second-order valence-electron chi connectivity index (χ2n) is 3.81. The van der Waals surface area contributed by atoms with Crippen LogP contribution in [0.4, 0.5) is 26.3 Å². The third-order valence-electron chi connectivity index (χ3n) is 2.29. The molecule has 11 heteroatoms. The summed E-state index contributed by atoms with van der Waals surface area (Å²) in [7, 11) is 0. The van der Waals surface area contributed by atoms with Gasteiger partial charge in [0.15, 0.2) is 0 Å². The van der Waals surface area contributed by atoms with Gasteiger partial charge in [0.05, 0.1) is 12.2 Å². The summed E-state index contributed by atoms with van der Waals surface area (Å²) in [6.45, 7) is 0.478. The van der Waals surface area contributed by atoms with E-state index in [1.54, 1.807) is 0 Å². The summed E-state index contributed by atoms with van der Waals surface area (Å²) in [6, 6.07) is 0.267. The highest BCUT2D eigenvalue weighted by atomic mass is 19.4. The van der Waals surface area contributed by atoms with Crippen molar-refractivity contribution in [1.29, 1.82) is 0 Å². The second-order valence-corrected chi connectivity index (χ2v) is 3.81. The van der Waals surface area contributed by atoms with Crippen molar-refractivity contribution in [3.8, 4) is 5.88 Å². The van der Waals surface area contributed by atoms with E-state index in [1.165, 1.54) is 6.92 Å². The number of nitrogens with two attached hydrogens (primary N) is 1. The molecule has 0 aliphatic rings. The van der Waals surface area contributed by atoms with E-state index in [0.717, 1.165) is 0 Å². The fraction of sp³-hybridized carbons (Fsp3) is 0.455. The zero-order valence-corrected chi connectivity index (χ0v) is 11.0. The van der Waals surface area contributed by atoms with Crippen molar-refractivity contribution in [2.75, 3.05) is 6.61 Å². The van der Waals surface area contributed by atoms with Gasteiger partial charge in [0.2, 0.25) is 5.88 Å². The van der Waals surface area contributed by atoms with E-state index in [2.05, 4.69) is 14.5 Å². The summed E-state index contributed by atoms with van der Waals surface area (Å²) in [5.41, 5.74) is 2.04. The number of carbonyl (C=O) groups is 1.